The van der Waals surface area contributed by atoms with Crippen molar-refractivity contribution in [1.29, 1.82) is 0 Å². The minimum atomic E-state index is -0.531. The molecule has 0 fully saturated rings. The maximum absolute atomic E-state index is 11.9. The standard InChI is InChI=1S/C11H14FN3O3/c1-13-9-7-8(3-4-10(9)15(17)18)11(16)14-6-2-5-12/h3-4,7,13H,2,5-6H2,1H3,(H,14,16). The smallest absolute Gasteiger partial charge is 0.292 e. The Hall–Kier alpha value is -2.18. The zero-order valence-electron chi connectivity index (χ0n) is 9.90. The van der Waals surface area contributed by atoms with E-state index >= 15 is 0 Å². The molecule has 0 saturated heterocycles. The van der Waals surface area contributed by atoms with Gasteiger partial charge in [-0.1, -0.05) is 0 Å². The van der Waals surface area contributed by atoms with E-state index in [1.165, 1.54) is 25.2 Å². The number of hydrogen-bond acceptors (Lipinski definition) is 4. The Labute approximate surface area is 103 Å². The molecule has 0 radical (unpaired) electrons. The number of nitro groups is 1. The van der Waals surface area contributed by atoms with Crippen molar-refractivity contribution >= 4 is 17.3 Å². The molecule has 1 rings (SSSR count). The van der Waals surface area contributed by atoms with Crippen molar-refractivity contribution in [3.63, 3.8) is 0 Å². The SMILES string of the molecule is CNc1cc(C(=O)NCCCF)ccc1[N+](=O)[O-]. The number of carbonyl (C=O) groups is 1. The molecule has 2 N–H and O–H groups in total. The molecule has 7 heteroatoms. The van der Waals surface area contributed by atoms with Crippen LogP contribution in [0.4, 0.5) is 15.8 Å². The monoisotopic (exact) mass is 255 g/mol. The highest BCUT2D eigenvalue weighted by Crippen LogP contribution is 2.24. The van der Waals surface area contributed by atoms with Gasteiger partial charge in [-0.05, 0) is 18.6 Å². The Morgan fingerprint density at radius 3 is 2.78 bits per heavy atom. The van der Waals surface area contributed by atoms with Crippen molar-refractivity contribution < 1.29 is 14.1 Å². The molecule has 0 unspecified atom stereocenters. The molecule has 0 heterocycles. The Bertz CT molecular complexity index is 451. The third kappa shape index (κ3) is 3.41. The van der Waals surface area contributed by atoms with Gasteiger partial charge in [-0.15, -0.1) is 0 Å². The third-order valence-corrected chi connectivity index (χ3v) is 2.32. The second kappa shape index (κ2) is 6.53. The van der Waals surface area contributed by atoms with Crippen LogP contribution in [0.1, 0.15) is 16.8 Å². The van der Waals surface area contributed by atoms with Gasteiger partial charge in [0.1, 0.15) is 5.69 Å². The summed E-state index contributed by atoms with van der Waals surface area (Å²) in [4.78, 5) is 21.8. The summed E-state index contributed by atoms with van der Waals surface area (Å²) in [5.74, 6) is -0.380. The molecular weight excluding hydrogens is 241 g/mol. The highest BCUT2D eigenvalue weighted by Gasteiger charge is 2.15. The first kappa shape index (κ1) is 13.9. The van der Waals surface area contributed by atoms with Crippen LogP contribution in [0.5, 0.6) is 0 Å². The van der Waals surface area contributed by atoms with Gasteiger partial charge in [-0.25, -0.2) is 0 Å². The van der Waals surface area contributed by atoms with E-state index in [1.54, 1.807) is 0 Å². The molecule has 0 atom stereocenters. The summed E-state index contributed by atoms with van der Waals surface area (Å²) < 4.78 is 11.9. The molecule has 0 bridgehead atoms. The van der Waals surface area contributed by atoms with Gasteiger partial charge in [0.25, 0.3) is 11.6 Å². The first-order valence-electron chi connectivity index (χ1n) is 5.40. The van der Waals surface area contributed by atoms with Crippen molar-refractivity contribution in [2.45, 2.75) is 6.42 Å². The van der Waals surface area contributed by atoms with Crippen molar-refractivity contribution in [2.24, 2.45) is 0 Å². The van der Waals surface area contributed by atoms with Crippen LogP contribution >= 0.6 is 0 Å². The number of nitrogens with zero attached hydrogens (tertiary/aromatic N) is 1. The zero-order valence-corrected chi connectivity index (χ0v) is 9.90. The average molecular weight is 255 g/mol. The van der Waals surface area contributed by atoms with Gasteiger partial charge in [0.2, 0.25) is 0 Å². The van der Waals surface area contributed by atoms with E-state index in [0.717, 1.165) is 0 Å². The van der Waals surface area contributed by atoms with Crippen LogP contribution in [0.15, 0.2) is 18.2 Å². The van der Waals surface area contributed by atoms with Crippen molar-refractivity contribution in [1.82, 2.24) is 5.32 Å². The Balaban J connectivity index is 2.85. The van der Waals surface area contributed by atoms with Gasteiger partial charge in [-0.2, -0.15) is 0 Å². The van der Waals surface area contributed by atoms with Gasteiger partial charge in [0, 0.05) is 25.2 Å². The van der Waals surface area contributed by atoms with Crippen molar-refractivity contribution in [3.8, 4) is 0 Å². The van der Waals surface area contributed by atoms with Crippen LogP contribution in [0.3, 0.4) is 0 Å². The highest BCUT2D eigenvalue weighted by atomic mass is 19.1. The summed E-state index contributed by atoms with van der Waals surface area (Å²) >= 11 is 0. The fraction of sp³-hybridized carbons (Fsp3) is 0.364. The van der Waals surface area contributed by atoms with Gasteiger partial charge >= 0.3 is 0 Å². The highest BCUT2D eigenvalue weighted by molar-refractivity contribution is 5.95. The number of hydrogen-bond donors (Lipinski definition) is 2. The molecule has 0 aromatic heterocycles. The van der Waals surface area contributed by atoms with Gasteiger partial charge in [0.15, 0.2) is 0 Å². The largest absolute Gasteiger partial charge is 0.383 e. The lowest BCUT2D eigenvalue weighted by Crippen LogP contribution is -2.24. The second-order valence-electron chi connectivity index (χ2n) is 3.54. The molecule has 1 amide bonds. The van der Waals surface area contributed by atoms with Crippen LogP contribution in [0, 0.1) is 10.1 Å². The van der Waals surface area contributed by atoms with Crippen LogP contribution in [-0.4, -0.2) is 31.1 Å². The number of anilines is 1. The fourth-order valence-electron chi connectivity index (χ4n) is 1.41. The maximum Gasteiger partial charge on any atom is 0.292 e. The number of nitro benzene ring substituents is 1. The summed E-state index contributed by atoms with van der Waals surface area (Å²) in [6, 6.07) is 4.02. The van der Waals surface area contributed by atoms with E-state index in [1.807, 2.05) is 0 Å². The third-order valence-electron chi connectivity index (χ3n) is 2.32. The zero-order chi connectivity index (χ0) is 13.5. The van der Waals surface area contributed by atoms with E-state index in [9.17, 15) is 19.3 Å². The number of halogens is 1. The number of rotatable bonds is 6. The maximum atomic E-state index is 11.9. The van der Waals surface area contributed by atoms with Crippen LogP contribution in [-0.2, 0) is 0 Å². The number of alkyl halides is 1. The molecule has 0 saturated carbocycles. The van der Waals surface area contributed by atoms with E-state index < -0.39 is 11.6 Å². The summed E-state index contributed by atoms with van der Waals surface area (Å²) in [5.41, 5.74) is 0.458. The van der Waals surface area contributed by atoms with Crippen LogP contribution < -0.4 is 10.6 Å². The lowest BCUT2D eigenvalue weighted by Gasteiger charge is -2.06. The molecule has 1 aromatic carbocycles. The van der Waals surface area contributed by atoms with E-state index in [0.29, 0.717) is 5.56 Å². The van der Waals surface area contributed by atoms with E-state index in [2.05, 4.69) is 10.6 Å². The summed E-state index contributed by atoms with van der Waals surface area (Å²) in [6.07, 6.45) is 0.248. The summed E-state index contributed by atoms with van der Waals surface area (Å²) in [6.45, 7) is -0.260. The van der Waals surface area contributed by atoms with Crippen LogP contribution in [0.2, 0.25) is 0 Å². The van der Waals surface area contributed by atoms with Crippen LogP contribution in [0.25, 0.3) is 0 Å². The molecule has 0 aliphatic carbocycles. The first-order chi connectivity index (χ1) is 8.60. The summed E-state index contributed by atoms with van der Waals surface area (Å²) in [7, 11) is 1.53. The molecular formula is C11H14FN3O3. The number of carbonyl (C=O) groups excluding carboxylic acids is 1. The lowest BCUT2D eigenvalue weighted by atomic mass is 10.1. The predicted molar refractivity (Wildman–Crippen MR) is 65.6 cm³/mol. The van der Waals surface area contributed by atoms with Crippen molar-refractivity contribution in [3.05, 3.63) is 33.9 Å². The molecule has 1 aromatic rings. The fourth-order valence-corrected chi connectivity index (χ4v) is 1.41. The van der Waals surface area contributed by atoms with Gasteiger partial charge < -0.3 is 10.6 Å². The second-order valence-corrected chi connectivity index (χ2v) is 3.54. The van der Waals surface area contributed by atoms with E-state index in [-0.39, 0.29) is 30.2 Å². The molecule has 0 aliphatic heterocycles. The average Bonchev–Trinajstić information content (AvgIpc) is 2.37. The Morgan fingerprint density at radius 1 is 1.50 bits per heavy atom. The van der Waals surface area contributed by atoms with Gasteiger partial charge in [0.05, 0.1) is 11.6 Å². The lowest BCUT2D eigenvalue weighted by molar-refractivity contribution is -0.383. The first-order valence-corrected chi connectivity index (χ1v) is 5.40. The van der Waals surface area contributed by atoms with E-state index in [4.69, 9.17) is 0 Å². The molecule has 6 nitrogen and oxygen atoms in total. The minimum absolute atomic E-state index is 0.0993. The van der Waals surface area contributed by atoms with Gasteiger partial charge in [-0.3, -0.25) is 19.3 Å². The number of amides is 1. The molecule has 0 spiro atoms. The normalized spacial score (nSPS) is 9.89. The number of benzene rings is 1. The Morgan fingerprint density at radius 2 is 2.22 bits per heavy atom. The molecule has 98 valence electrons. The number of nitrogens with one attached hydrogen (secondary N) is 2. The molecule has 18 heavy (non-hydrogen) atoms. The molecule has 0 aliphatic rings. The predicted octanol–water partition coefficient (Wildman–Crippen LogP) is 1.73. The topological polar surface area (TPSA) is 84.3 Å². The van der Waals surface area contributed by atoms with Crippen molar-refractivity contribution in [2.75, 3.05) is 25.6 Å². The quantitative estimate of drug-likeness (QED) is 0.460. The Kier molecular flexibility index (Phi) is 5.04. The summed E-state index contributed by atoms with van der Waals surface area (Å²) in [5, 5.41) is 15.9. The minimum Gasteiger partial charge on any atom is -0.383 e.